The number of benzene rings is 2. The molecule has 0 saturated heterocycles. The Hall–Kier alpha value is -0.840. The van der Waals surface area contributed by atoms with E-state index in [4.69, 9.17) is 40.6 Å². The molecule has 0 aliphatic heterocycles. The molecule has 1 atom stereocenters. The van der Waals surface area contributed by atoms with Crippen molar-refractivity contribution in [1.82, 2.24) is 5.43 Å². The summed E-state index contributed by atoms with van der Waals surface area (Å²) in [6.07, 6.45) is 0.487. The number of hydrogen-bond acceptors (Lipinski definition) is 2. The van der Waals surface area contributed by atoms with Crippen LogP contribution in [0.5, 0.6) is 0 Å². The number of halogens is 4. The lowest BCUT2D eigenvalue weighted by Crippen LogP contribution is -2.29. The van der Waals surface area contributed by atoms with Crippen molar-refractivity contribution in [2.45, 2.75) is 12.5 Å². The van der Waals surface area contributed by atoms with Crippen molar-refractivity contribution in [1.29, 1.82) is 0 Å². The van der Waals surface area contributed by atoms with Crippen LogP contribution in [0.4, 0.5) is 4.39 Å². The minimum atomic E-state index is -0.455. The Morgan fingerprint density at radius 1 is 1.05 bits per heavy atom. The molecule has 0 amide bonds. The first-order valence-electron chi connectivity index (χ1n) is 5.85. The van der Waals surface area contributed by atoms with Crippen LogP contribution in [0.3, 0.4) is 0 Å². The van der Waals surface area contributed by atoms with E-state index in [0.717, 1.165) is 11.1 Å². The monoisotopic (exact) mass is 332 g/mol. The van der Waals surface area contributed by atoms with Crippen molar-refractivity contribution in [2.24, 2.45) is 5.84 Å². The van der Waals surface area contributed by atoms with Gasteiger partial charge in [0, 0.05) is 10.0 Å². The summed E-state index contributed by atoms with van der Waals surface area (Å²) in [5.74, 6) is 5.11. The van der Waals surface area contributed by atoms with Crippen molar-refractivity contribution < 1.29 is 4.39 Å². The quantitative estimate of drug-likeness (QED) is 0.637. The second kappa shape index (κ2) is 6.74. The maximum Gasteiger partial charge on any atom is 0.142 e. The van der Waals surface area contributed by atoms with Gasteiger partial charge in [-0.3, -0.25) is 11.3 Å². The standard InChI is InChI=1S/C14H12Cl3FN2/c15-10-5-9(6-11(16)7-10)14(20-19)4-8-1-2-12(17)13(18)3-8/h1-3,5-7,14,20H,4,19H2. The second-order valence-corrected chi connectivity index (χ2v) is 5.65. The van der Waals surface area contributed by atoms with Crippen LogP contribution in [0, 0.1) is 5.82 Å². The molecule has 2 rings (SSSR count). The van der Waals surface area contributed by atoms with Crippen LogP contribution in [0.2, 0.25) is 15.1 Å². The molecule has 6 heteroatoms. The van der Waals surface area contributed by atoms with Gasteiger partial charge in [-0.15, -0.1) is 0 Å². The predicted octanol–water partition coefficient (Wildman–Crippen LogP) is 4.53. The molecule has 0 bridgehead atoms. The highest BCUT2D eigenvalue weighted by Crippen LogP contribution is 2.26. The molecular formula is C14H12Cl3FN2. The molecule has 0 aliphatic rings. The molecule has 0 aromatic heterocycles. The number of rotatable bonds is 4. The van der Waals surface area contributed by atoms with Gasteiger partial charge in [0.15, 0.2) is 0 Å². The lowest BCUT2D eigenvalue weighted by Gasteiger charge is -2.17. The van der Waals surface area contributed by atoms with Crippen molar-refractivity contribution in [3.63, 3.8) is 0 Å². The zero-order chi connectivity index (χ0) is 14.7. The molecule has 0 aliphatic carbocycles. The van der Waals surface area contributed by atoms with Gasteiger partial charge in [0.2, 0.25) is 0 Å². The molecule has 20 heavy (non-hydrogen) atoms. The Morgan fingerprint density at radius 3 is 2.25 bits per heavy atom. The number of hydrogen-bond donors (Lipinski definition) is 2. The number of hydrazine groups is 1. The average Bonchev–Trinajstić information content (AvgIpc) is 2.38. The molecule has 0 radical (unpaired) electrons. The van der Waals surface area contributed by atoms with E-state index < -0.39 is 5.82 Å². The van der Waals surface area contributed by atoms with E-state index in [1.165, 1.54) is 12.1 Å². The average molecular weight is 334 g/mol. The topological polar surface area (TPSA) is 38.0 Å². The number of nitrogens with two attached hydrogens (primary N) is 1. The van der Waals surface area contributed by atoms with Crippen LogP contribution in [0.25, 0.3) is 0 Å². The minimum absolute atomic E-state index is 0.0943. The summed E-state index contributed by atoms with van der Waals surface area (Å²) in [5, 5.41) is 1.14. The van der Waals surface area contributed by atoms with Gasteiger partial charge in [-0.1, -0.05) is 40.9 Å². The van der Waals surface area contributed by atoms with Gasteiger partial charge in [0.1, 0.15) is 5.82 Å². The molecular weight excluding hydrogens is 322 g/mol. The highest BCUT2D eigenvalue weighted by Gasteiger charge is 2.13. The SMILES string of the molecule is NNC(Cc1ccc(Cl)c(F)c1)c1cc(Cl)cc(Cl)c1. The largest absolute Gasteiger partial charge is 0.271 e. The van der Waals surface area contributed by atoms with E-state index in [1.807, 2.05) is 0 Å². The maximum absolute atomic E-state index is 13.4. The second-order valence-electron chi connectivity index (χ2n) is 4.37. The Morgan fingerprint density at radius 2 is 1.70 bits per heavy atom. The Bertz CT molecular complexity index is 599. The van der Waals surface area contributed by atoms with Gasteiger partial charge in [-0.2, -0.15) is 0 Å². The summed E-state index contributed by atoms with van der Waals surface area (Å²) in [4.78, 5) is 0. The lowest BCUT2D eigenvalue weighted by molar-refractivity contribution is 0.548. The van der Waals surface area contributed by atoms with Gasteiger partial charge in [0.05, 0.1) is 11.1 Å². The highest BCUT2D eigenvalue weighted by atomic mass is 35.5. The Kier molecular flexibility index (Phi) is 5.24. The van der Waals surface area contributed by atoms with Crippen LogP contribution in [-0.4, -0.2) is 0 Å². The minimum Gasteiger partial charge on any atom is -0.271 e. The molecule has 0 spiro atoms. The first kappa shape index (κ1) is 15.5. The summed E-state index contributed by atoms with van der Waals surface area (Å²) in [6.45, 7) is 0. The lowest BCUT2D eigenvalue weighted by atomic mass is 9.99. The van der Waals surface area contributed by atoms with E-state index in [0.29, 0.717) is 16.5 Å². The normalized spacial score (nSPS) is 12.4. The molecule has 3 N–H and O–H groups in total. The van der Waals surface area contributed by atoms with Crippen LogP contribution < -0.4 is 11.3 Å². The molecule has 106 valence electrons. The van der Waals surface area contributed by atoms with Crippen molar-refractivity contribution in [3.8, 4) is 0 Å². The van der Waals surface area contributed by atoms with Crippen LogP contribution >= 0.6 is 34.8 Å². The van der Waals surface area contributed by atoms with Gasteiger partial charge < -0.3 is 0 Å². The fraction of sp³-hybridized carbons (Fsp3) is 0.143. The predicted molar refractivity (Wildman–Crippen MR) is 81.6 cm³/mol. The molecule has 2 nitrogen and oxygen atoms in total. The highest BCUT2D eigenvalue weighted by molar-refractivity contribution is 6.34. The van der Waals surface area contributed by atoms with E-state index >= 15 is 0 Å². The first-order valence-corrected chi connectivity index (χ1v) is 6.99. The molecule has 2 aromatic carbocycles. The van der Waals surface area contributed by atoms with Gasteiger partial charge >= 0.3 is 0 Å². The molecule has 0 saturated carbocycles. The van der Waals surface area contributed by atoms with E-state index in [2.05, 4.69) is 5.43 Å². The fourth-order valence-corrected chi connectivity index (χ4v) is 2.61. The van der Waals surface area contributed by atoms with E-state index in [-0.39, 0.29) is 11.1 Å². The first-order chi connectivity index (χ1) is 9.49. The third kappa shape index (κ3) is 3.84. The molecule has 2 aromatic rings. The third-order valence-corrected chi connectivity index (χ3v) is 3.66. The maximum atomic E-state index is 13.4. The number of nitrogens with one attached hydrogen (secondary N) is 1. The zero-order valence-corrected chi connectivity index (χ0v) is 12.6. The van der Waals surface area contributed by atoms with Crippen LogP contribution in [-0.2, 0) is 6.42 Å². The van der Waals surface area contributed by atoms with Crippen LogP contribution in [0.15, 0.2) is 36.4 Å². The van der Waals surface area contributed by atoms with Gasteiger partial charge in [-0.05, 0) is 47.9 Å². The molecule has 0 heterocycles. The van der Waals surface area contributed by atoms with Crippen LogP contribution in [0.1, 0.15) is 17.2 Å². The summed E-state index contributed by atoms with van der Waals surface area (Å²) in [6, 6.07) is 9.61. The third-order valence-electron chi connectivity index (χ3n) is 2.91. The fourth-order valence-electron chi connectivity index (χ4n) is 1.95. The summed E-state index contributed by atoms with van der Waals surface area (Å²) in [7, 11) is 0. The summed E-state index contributed by atoms with van der Waals surface area (Å²) >= 11 is 17.6. The van der Waals surface area contributed by atoms with Crippen molar-refractivity contribution in [3.05, 3.63) is 68.4 Å². The molecule has 1 unspecified atom stereocenters. The Labute approximate surface area is 131 Å². The van der Waals surface area contributed by atoms with Gasteiger partial charge in [0.25, 0.3) is 0 Å². The zero-order valence-electron chi connectivity index (χ0n) is 10.3. The summed E-state index contributed by atoms with van der Waals surface area (Å²) < 4.78 is 13.4. The smallest absolute Gasteiger partial charge is 0.142 e. The van der Waals surface area contributed by atoms with Gasteiger partial charge in [-0.25, -0.2) is 4.39 Å². The van der Waals surface area contributed by atoms with Crippen molar-refractivity contribution >= 4 is 34.8 Å². The van der Waals surface area contributed by atoms with E-state index in [9.17, 15) is 4.39 Å². The van der Waals surface area contributed by atoms with E-state index in [1.54, 1.807) is 24.3 Å². The summed E-state index contributed by atoms with van der Waals surface area (Å²) in [5.41, 5.74) is 4.29. The van der Waals surface area contributed by atoms with Crippen molar-refractivity contribution in [2.75, 3.05) is 0 Å². The molecule has 0 fully saturated rings. The Balaban J connectivity index is 2.26.